The van der Waals surface area contributed by atoms with Crippen molar-refractivity contribution < 1.29 is 9.53 Å². The minimum absolute atomic E-state index is 0.197. The first-order chi connectivity index (χ1) is 10.2. The second kappa shape index (κ2) is 5.88. The summed E-state index contributed by atoms with van der Waals surface area (Å²) in [7, 11) is 0. The van der Waals surface area contributed by atoms with Crippen LogP contribution in [-0.2, 0) is 4.74 Å². The standard InChI is InChI=1S/C15H15N3O3/c19-14-6-3-5-12(17-14)15(20)18-8-9-21-13(10-18)11-4-1-2-7-16-11/h1-7,13H,8-10H2,(H,17,19). The number of aromatic nitrogens is 2. The topological polar surface area (TPSA) is 75.3 Å². The molecule has 6 heteroatoms. The van der Waals surface area contributed by atoms with E-state index in [1.165, 1.54) is 6.07 Å². The van der Waals surface area contributed by atoms with Crippen LogP contribution in [0, 0.1) is 0 Å². The van der Waals surface area contributed by atoms with Gasteiger partial charge in [0.2, 0.25) is 5.56 Å². The smallest absolute Gasteiger partial charge is 0.270 e. The molecule has 2 aromatic heterocycles. The van der Waals surface area contributed by atoms with Gasteiger partial charge >= 0.3 is 0 Å². The van der Waals surface area contributed by atoms with E-state index in [2.05, 4.69) is 9.97 Å². The average Bonchev–Trinajstić information content (AvgIpc) is 2.55. The minimum atomic E-state index is -0.282. The first-order valence-electron chi connectivity index (χ1n) is 6.75. The summed E-state index contributed by atoms with van der Waals surface area (Å²) < 4.78 is 5.68. The highest BCUT2D eigenvalue weighted by molar-refractivity contribution is 5.92. The second-order valence-electron chi connectivity index (χ2n) is 4.79. The Hall–Kier alpha value is -2.47. The number of ether oxygens (including phenoxy) is 1. The third-order valence-corrected chi connectivity index (χ3v) is 3.37. The predicted molar refractivity (Wildman–Crippen MR) is 75.9 cm³/mol. The fraction of sp³-hybridized carbons (Fsp3) is 0.267. The molecular formula is C15H15N3O3. The van der Waals surface area contributed by atoms with Crippen LogP contribution < -0.4 is 5.56 Å². The van der Waals surface area contributed by atoms with E-state index in [-0.39, 0.29) is 17.6 Å². The molecule has 1 amide bonds. The number of rotatable bonds is 2. The average molecular weight is 285 g/mol. The molecule has 108 valence electrons. The highest BCUT2D eigenvalue weighted by Crippen LogP contribution is 2.20. The summed E-state index contributed by atoms with van der Waals surface area (Å²) in [5.74, 6) is -0.197. The van der Waals surface area contributed by atoms with Crippen molar-refractivity contribution in [2.75, 3.05) is 19.7 Å². The predicted octanol–water partition coefficient (Wildman–Crippen LogP) is 0.984. The van der Waals surface area contributed by atoms with E-state index in [9.17, 15) is 9.59 Å². The van der Waals surface area contributed by atoms with Crippen LogP contribution in [0.4, 0.5) is 0 Å². The quantitative estimate of drug-likeness (QED) is 0.892. The van der Waals surface area contributed by atoms with Crippen LogP contribution in [-0.4, -0.2) is 40.5 Å². The number of morpholine rings is 1. The summed E-state index contributed by atoms with van der Waals surface area (Å²) in [6, 6.07) is 10.2. The lowest BCUT2D eigenvalue weighted by Crippen LogP contribution is -2.43. The summed E-state index contributed by atoms with van der Waals surface area (Å²) in [6.45, 7) is 1.37. The fourth-order valence-corrected chi connectivity index (χ4v) is 2.32. The SMILES string of the molecule is O=C(c1cccc(=O)[nH]1)N1CCOC(c2ccccn2)C1. The molecule has 0 aromatic carbocycles. The lowest BCUT2D eigenvalue weighted by Gasteiger charge is -2.32. The number of amides is 1. The number of carbonyl (C=O) groups is 1. The Kier molecular flexibility index (Phi) is 3.79. The van der Waals surface area contributed by atoms with E-state index in [1.54, 1.807) is 23.2 Å². The van der Waals surface area contributed by atoms with Crippen molar-refractivity contribution in [3.63, 3.8) is 0 Å². The van der Waals surface area contributed by atoms with Crippen LogP contribution in [0.15, 0.2) is 47.4 Å². The maximum absolute atomic E-state index is 12.4. The van der Waals surface area contributed by atoms with Gasteiger partial charge in [0.05, 0.1) is 18.8 Å². The monoisotopic (exact) mass is 285 g/mol. The van der Waals surface area contributed by atoms with Crippen LogP contribution in [0.1, 0.15) is 22.3 Å². The molecule has 21 heavy (non-hydrogen) atoms. The molecule has 3 rings (SSSR count). The Labute approximate surface area is 121 Å². The number of nitrogens with zero attached hydrogens (tertiary/aromatic N) is 2. The summed E-state index contributed by atoms with van der Waals surface area (Å²) in [5, 5.41) is 0. The molecule has 0 spiro atoms. The van der Waals surface area contributed by atoms with Gasteiger partial charge < -0.3 is 14.6 Å². The van der Waals surface area contributed by atoms with Gasteiger partial charge in [0.1, 0.15) is 11.8 Å². The van der Waals surface area contributed by atoms with Crippen LogP contribution in [0.25, 0.3) is 0 Å². The van der Waals surface area contributed by atoms with Gasteiger partial charge in [-0.3, -0.25) is 14.6 Å². The Morgan fingerprint density at radius 1 is 1.29 bits per heavy atom. The second-order valence-corrected chi connectivity index (χ2v) is 4.79. The van der Waals surface area contributed by atoms with Crippen molar-refractivity contribution in [1.82, 2.24) is 14.9 Å². The molecule has 6 nitrogen and oxygen atoms in total. The van der Waals surface area contributed by atoms with E-state index in [4.69, 9.17) is 4.74 Å². The van der Waals surface area contributed by atoms with Crippen LogP contribution in [0.3, 0.4) is 0 Å². The minimum Gasteiger partial charge on any atom is -0.368 e. The van der Waals surface area contributed by atoms with E-state index >= 15 is 0 Å². The normalized spacial score (nSPS) is 18.5. The van der Waals surface area contributed by atoms with Crippen LogP contribution >= 0.6 is 0 Å². The number of hydrogen-bond acceptors (Lipinski definition) is 4. The molecule has 0 radical (unpaired) electrons. The molecule has 1 unspecified atom stereocenters. The van der Waals surface area contributed by atoms with Gasteiger partial charge in [0.15, 0.2) is 0 Å². The molecule has 1 aliphatic heterocycles. The van der Waals surface area contributed by atoms with Crippen molar-refractivity contribution in [3.05, 3.63) is 64.3 Å². The fourth-order valence-electron chi connectivity index (χ4n) is 2.32. The van der Waals surface area contributed by atoms with Gasteiger partial charge in [-0.05, 0) is 18.2 Å². The molecule has 0 bridgehead atoms. The molecule has 1 aliphatic rings. The third-order valence-electron chi connectivity index (χ3n) is 3.37. The molecule has 2 aromatic rings. The maximum Gasteiger partial charge on any atom is 0.270 e. The first kappa shape index (κ1) is 13.5. The zero-order chi connectivity index (χ0) is 14.7. The molecule has 3 heterocycles. The van der Waals surface area contributed by atoms with Crippen molar-refractivity contribution in [3.8, 4) is 0 Å². The van der Waals surface area contributed by atoms with Crippen molar-refractivity contribution in [2.24, 2.45) is 0 Å². The lowest BCUT2D eigenvalue weighted by molar-refractivity contribution is -0.0249. The number of pyridine rings is 2. The zero-order valence-corrected chi connectivity index (χ0v) is 11.4. The Bertz CT molecular complexity index is 684. The number of hydrogen-bond donors (Lipinski definition) is 1. The molecule has 1 N–H and O–H groups in total. The number of aromatic amines is 1. The summed E-state index contributed by atoms with van der Waals surface area (Å²) in [4.78, 5) is 32.2. The van der Waals surface area contributed by atoms with E-state index in [1.807, 2.05) is 18.2 Å². The van der Waals surface area contributed by atoms with Crippen molar-refractivity contribution in [1.29, 1.82) is 0 Å². The van der Waals surface area contributed by atoms with E-state index in [0.29, 0.717) is 25.4 Å². The molecule has 0 aliphatic carbocycles. The van der Waals surface area contributed by atoms with Gasteiger partial charge in [-0.15, -0.1) is 0 Å². The van der Waals surface area contributed by atoms with Gasteiger partial charge in [0, 0.05) is 18.8 Å². The highest BCUT2D eigenvalue weighted by Gasteiger charge is 2.27. The number of nitrogens with one attached hydrogen (secondary N) is 1. The highest BCUT2D eigenvalue weighted by atomic mass is 16.5. The summed E-state index contributed by atoms with van der Waals surface area (Å²) in [6.07, 6.45) is 1.47. The molecule has 1 atom stereocenters. The Morgan fingerprint density at radius 3 is 2.95 bits per heavy atom. The first-order valence-corrected chi connectivity index (χ1v) is 6.75. The Morgan fingerprint density at radius 2 is 2.19 bits per heavy atom. The van der Waals surface area contributed by atoms with Crippen LogP contribution in [0.5, 0.6) is 0 Å². The molecule has 1 fully saturated rings. The van der Waals surface area contributed by atoms with Crippen molar-refractivity contribution in [2.45, 2.75) is 6.10 Å². The molecular weight excluding hydrogens is 270 g/mol. The van der Waals surface area contributed by atoms with Gasteiger partial charge in [0.25, 0.3) is 5.91 Å². The molecule has 1 saturated heterocycles. The van der Waals surface area contributed by atoms with E-state index < -0.39 is 0 Å². The Balaban J connectivity index is 1.77. The maximum atomic E-state index is 12.4. The van der Waals surface area contributed by atoms with Gasteiger partial charge in [-0.1, -0.05) is 12.1 Å². The zero-order valence-electron chi connectivity index (χ0n) is 11.4. The number of carbonyl (C=O) groups excluding carboxylic acids is 1. The third kappa shape index (κ3) is 3.00. The van der Waals surface area contributed by atoms with Gasteiger partial charge in [-0.2, -0.15) is 0 Å². The largest absolute Gasteiger partial charge is 0.368 e. The lowest BCUT2D eigenvalue weighted by atomic mass is 10.1. The van der Waals surface area contributed by atoms with Crippen LogP contribution in [0.2, 0.25) is 0 Å². The van der Waals surface area contributed by atoms with Gasteiger partial charge in [-0.25, -0.2) is 0 Å². The summed E-state index contributed by atoms with van der Waals surface area (Å²) in [5.41, 5.74) is 0.816. The van der Waals surface area contributed by atoms with E-state index in [0.717, 1.165) is 5.69 Å². The summed E-state index contributed by atoms with van der Waals surface area (Å²) >= 11 is 0. The number of H-pyrrole nitrogens is 1. The van der Waals surface area contributed by atoms with Crippen molar-refractivity contribution >= 4 is 5.91 Å². The molecule has 0 saturated carbocycles.